The van der Waals surface area contributed by atoms with E-state index in [1.54, 1.807) is 0 Å². The van der Waals surface area contributed by atoms with Gasteiger partial charge < -0.3 is 9.64 Å². The summed E-state index contributed by atoms with van der Waals surface area (Å²) in [4.78, 5) is 28.3. The van der Waals surface area contributed by atoms with Crippen LogP contribution in [0.5, 0.6) is 0 Å². The molecule has 114 valence electrons. The van der Waals surface area contributed by atoms with Gasteiger partial charge in [-0.25, -0.2) is 0 Å². The first kappa shape index (κ1) is 15.3. The molecular weight excluding hydrogens is 256 g/mol. The van der Waals surface area contributed by atoms with E-state index in [-0.39, 0.29) is 17.9 Å². The number of esters is 1. The molecule has 0 aromatic heterocycles. The average molecular weight is 282 g/mol. The summed E-state index contributed by atoms with van der Waals surface area (Å²) in [5, 5.41) is 0. The monoisotopic (exact) mass is 282 g/mol. The lowest BCUT2D eigenvalue weighted by Gasteiger charge is -2.40. The molecule has 0 spiro atoms. The van der Waals surface area contributed by atoms with Crippen LogP contribution in [-0.2, 0) is 14.3 Å². The van der Waals surface area contributed by atoms with Crippen molar-refractivity contribution in [2.45, 2.75) is 64.1 Å². The van der Waals surface area contributed by atoms with Crippen molar-refractivity contribution in [3.63, 3.8) is 0 Å². The number of carbonyl (C=O) groups excluding carboxylic acids is 2. The quantitative estimate of drug-likeness (QED) is 0.735. The van der Waals surface area contributed by atoms with E-state index in [1.165, 1.54) is 13.5 Å². The molecule has 2 rings (SSSR count). The zero-order valence-corrected chi connectivity index (χ0v) is 12.8. The summed E-state index contributed by atoms with van der Waals surface area (Å²) in [7, 11) is 1.41. The van der Waals surface area contributed by atoms with Crippen LogP contribution in [-0.4, -0.2) is 60.0 Å². The molecule has 2 fully saturated rings. The number of carbonyl (C=O) groups is 2. The Morgan fingerprint density at radius 1 is 1.10 bits per heavy atom. The van der Waals surface area contributed by atoms with Crippen LogP contribution >= 0.6 is 0 Å². The first-order chi connectivity index (χ1) is 9.54. The fourth-order valence-electron chi connectivity index (χ4n) is 3.59. The van der Waals surface area contributed by atoms with Crippen LogP contribution in [0, 0.1) is 0 Å². The zero-order chi connectivity index (χ0) is 14.7. The highest BCUT2D eigenvalue weighted by Gasteiger charge is 2.35. The molecule has 0 unspecified atom stereocenters. The van der Waals surface area contributed by atoms with Gasteiger partial charge in [0.1, 0.15) is 6.04 Å². The third-order valence-corrected chi connectivity index (χ3v) is 4.66. The van der Waals surface area contributed by atoms with Crippen molar-refractivity contribution in [3.05, 3.63) is 0 Å². The van der Waals surface area contributed by atoms with Gasteiger partial charge in [0.15, 0.2) is 0 Å². The number of methoxy groups -OCH3 is 1. The summed E-state index contributed by atoms with van der Waals surface area (Å²) in [6.07, 6.45) is 5.11. The number of hydrogen-bond acceptors (Lipinski definition) is 4. The number of likely N-dealkylation sites (tertiary alicyclic amines) is 2. The number of piperidine rings is 1. The van der Waals surface area contributed by atoms with Gasteiger partial charge in [-0.2, -0.15) is 0 Å². The highest BCUT2D eigenvalue weighted by molar-refractivity contribution is 5.81. The third-order valence-electron chi connectivity index (χ3n) is 4.66. The molecule has 0 saturated carbocycles. The maximum atomic E-state index is 12.6. The smallest absolute Gasteiger partial charge is 0.323 e. The molecule has 2 heterocycles. The van der Waals surface area contributed by atoms with Crippen molar-refractivity contribution in [1.82, 2.24) is 9.80 Å². The van der Waals surface area contributed by atoms with E-state index in [2.05, 4.69) is 13.8 Å². The van der Waals surface area contributed by atoms with Gasteiger partial charge in [0, 0.05) is 12.1 Å². The summed E-state index contributed by atoms with van der Waals surface area (Å²) in [6, 6.07) is 0.384. The molecule has 2 saturated heterocycles. The normalized spacial score (nSPS) is 31.4. The van der Waals surface area contributed by atoms with Gasteiger partial charge in [-0.1, -0.05) is 0 Å². The van der Waals surface area contributed by atoms with Crippen LogP contribution in [0.1, 0.15) is 46.0 Å². The zero-order valence-electron chi connectivity index (χ0n) is 12.8. The maximum Gasteiger partial charge on any atom is 0.323 e. The fourth-order valence-corrected chi connectivity index (χ4v) is 3.59. The number of rotatable bonds is 3. The molecular formula is C15H26N2O3. The first-order valence-corrected chi connectivity index (χ1v) is 7.67. The Morgan fingerprint density at radius 3 is 2.35 bits per heavy atom. The maximum absolute atomic E-state index is 12.6. The molecule has 2 aliphatic heterocycles. The predicted molar refractivity (Wildman–Crippen MR) is 76.2 cm³/mol. The fraction of sp³-hybridized carbons (Fsp3) is 0.867. The molecule has 0 radical (unpaired) electrons. The Morgan fingerprint density at radius 2 is 1.75 bits per heavy atom. The Labute approximate surface area is 121 Å². The number of ether oxygens (including phenoxy) is 1. The molecule has 0 N–H and O–H groups in total. The minimum atomic E-state index is -0.237. The van der Waals surface area contributed by atoms with E-state index in [0.717, 1.165) is 32.2 Å². The average Bonchev–Trinajstić information content (AvgIpc) is 2.85. The van der Waals surface area contributed by atoms with E-state index in [4.69, 9.17) is 4.74 Å². The van der Waals surface area contributed by atoms with Crippen LogP contribution < -0.4 is 0 Å². The third kappa shape index (κ3) is 3.14. The molecule has 1 amide bonds. The molecule has 3 atom stereocenters. The van der Waals surface area contributed by atoms with Crippen molar-refractivity contribution in [3.8, 4) is 0 Å². The van der Waals surface area contributed by atoms with E-state index in [0.29, 0.717) is 18.6 Å². The Balaban J connectivity index is 1.98. The lowest BCUT2D eigenvalue weighted by molar-refractivity contribution is -0.147. The minimum Gasteiger partial charge on any atom is -0.468 e. The van der Waals surface area contributed by atoms with Crippen molar-refractivity contribution in [2.24, 2.45) is 0 Å². The molecule has 5 nitrogen and oxygen atoms in total. The SMILES string of the molecule is COC(=O)[C@@H]1CCCN1CC(=O)N1[C@H](C)CCC[C@H]1C. The van der Waals surface area contributed by atoms with Crippen LogP contribution in [0.25, 0.3) is 0 Å². The highest BCUT2D eigenvalue weighted by Crippen LogP contribution is 2.24. The van der Waals surface area contributed by atoms with Gasteiger partial charge in [0.25, 0.3) is 0 Å². The largest absolute Gasteiger partial charge is 0.468 e. The Hall–Kier alpha value is -1.10. The first-order valence-electron chi connectivity index (χ1n) is 7.67. The van der Waals surface area contributed by atoms with Gasteiger partial charge in [-0.15, -0.1) is 0 Å². The van der Waals surface area contributed by atoms with Crippen LogP contribution in [0.3, 0.4) is 0 Å². The summed E-state index contributed by atoms with van der Waals surface area (Å²) < 4.78 is 4.83. The number of nitrogens with zero attached hydrogens (tertiary/aromatic N) is 2. The second-order valence-corrected chi connectivity index (χ2v) is 6.08. The lowest BCUT2D eigenvalue weighted by Crippen LogP contribution is -2.52. The van der Waals surface area contributed by atoms with Gasteiger partial charge >= 0.3 is 5.97 Å². The summed E-state index contributed by atoms with van der Waals surface area (Å²) >= 11 is 0. The van der Waals surface area contributed by atoms with E-state index >= 15 is 0 Å². The molecule has 2 aliphatic rings. The Kier molecular flexibility index (Phi) is 5.02. The summed E-state index contributed by atoms with van der Waals surface area (Å²) in [6.45, 7) is 5.39. The molecule has 0 aliphatic carbocycles. The number of amides is 1. The van der Waals surface area contributed by atoms with Crippen LogP contribution in [0.4, 0.5) is 0 Å². The summed E-state index contributed by atoms with van der Waals surface area (Å²) in [5.74, 6) is -0.0597. The minimum absolute atomic E-state index is 0.153. The predicted octanol–water partition coefficient (Wildman–Crippen LogP) is 1.41. The molecule has 0 aromatic carbocycles. The van der Waals surface area contributed by atoms with Crippen LogP contribution in [0.15, 0.2) is 0 Å². The second kappa shape index (κ2) is 6.57. The highest BCUT2D eigenvalue weighted by atomic mass is 16.5. The van der Waals surface area contributed by atoms with Gasteiger partial charge in [-0.05, 0) is 52.5 Å². The number of hydrogen-bond donors (Lipinski definition) is 0. The van der Waals surface area contributed by atoms with Crippen molar-refractivity contribution in [1.29, 1.82) is 0 Å². The van der Waals surface area contributed by atoms with Crippen molar-refractivity contribution in [2.75, 3.05) is 20.2 Å². The van der Waals surface area contributed by atoms with Crippen molar-refractivity contribution >= 4 is 11.9 Å². The van der Waals surface area contributed by atoms with Crippen LogP contribution in [0.2, 0.25) is 0 Å². The second-order valence-electron chi connectivity index (χ2n) is 6.08. The molecule has 0 bridgehead atoms. The van der Waals surface area contributed by atoms with Gasteiger partial charge in [-0.3, -0.25) is 14.5 Å². The lowest BCUT2D eigenvalue weighted by atomic mass is 9.97. The van der Waals surface area contributed by atoms with E-state index in [1.807, 2.05) is 9.80 Å². The summed E-state index contributed by atoms with van der Waals surface area (Å²) in [5.41, 5.74) is 0. The topological polar surface area (TPSA) is 49.9 Å². The Bertz CT molecular complexity index is 362. The van der Waals surface area contributed by atoms with E-state index in [9.17, 15) is 9.59 Å². The molecule has 20 heavy (non-hydrogen) atoms. The molecule has 5 heteroatoms. The van der Waals surface area contributed by atoms with Gasteiger partial charge in [0.05, 0.1) is 13.7 Å². The molecule has 0 aromatic rings. The van der Waals surface area contributed by atoms with E-state index < -0.39 is 0 Å². The van der Waals surface area contributed by atoms with Crippen molar-refractivity contribution < 1.29 is 14.3 Å². The standard InChI is InChI=1S/C15H26N2O3/c1-11-6-4-7-12(2)17(11)14(18)10-16-9-5-8-13(16)15(19)20-3/h11-13H,4-10H2,1-3H3/t11-,12-,13+/m1/s1. The van der Waals surface area contributed by atoms with Gasteiger partial charge in [0.2, 0.25) is 5.91 Å².